The lowest BCUT2D eigenvalue weighted by Gasteiger charge is -2.36. The number of hydrogen-bond donors (Lipinski definition) is 0. The molecule has 0 bridgehead atoms. The number of carbonyl (C=O) groups excluding carboxylic acids is 1. The minimum atomic E-state index is 0.162. The highest BCUT2D eigenvalue weighted by Crippen LogP contribution is 2.31. The number of carbonyl (C=O) groups is 1. The first-order valence-electron chi connectivity index (χ1n) is 8.28. The SMILES string of the molecule is Cc1noc(C)c1CCC(=O)N1CCCCC1c1cccnc1. The molecule has 0 radical (unpaired) electrons. The molecule has 0 N–H and O–H groups in total. The normalized spacial score (nSPS) is 18.2. The van der Waals surface area contributed by atoms with Gasteiger partial charge in [0.15, 0.2) is 0 Å². The van der Waals surface area contributed by atoms with Gasteiger partial charge in [0.1, 0.15) is 5.76 Å². The molecule has 2 aromatic heterocycles. The van der Waals surface area contributed by atoms with E-state index in [1.807, 2.05) is 31.0 Å². The predicted molar refractivity (Wildman–Crippen MR) is 86.8 cm³/mol. The van der Waals surface area contributed by atoms with E-state index >= 15 is 0 Å². The summed E-state index contributed by atoms with van der Waals surface area (Å²) in [7, 11) is 0. The third-order valence-electron chi connectivity index (χ3n) is 4.66. The van der Waals surface area contributed by atoms with Crippen molar-refractivity contribution < 1.29 is 9.32 Å². The van der Waals surface area contributed by atoms with Crippen LogP contribution in [0.15, 0.2) is 29.0 Å². The molecule has 3 heterocycles. The number of likely N-dealkylation sites (tertiary alicyclic amines) is 1. The molecule has 0 aliphatic carbocycles. The topological polar surface area (TPSA) is 59.2 Å². The van der Waals surface area contributed by atoms with Crippen molar-refractivity contribution in [1.29, 1.82) is 0 Å². The van der Waals surface area contributed by atoms with Gasteiger partial charge in [-0.1, -0.05) is 11.2 Å². The Hall–Kier alpha value is -2.17. The summed E-state index contributed by atoms with van der Waals surface area (Å²) in [4.78, 5) is 19.0. The molecule has 1 unspecified atom stereocenters. The van der Waals surface area contributed by atoms with Crippen LogP contribution in [-0.2, 0) is 11.2 Å². The molecule has 1 aliphatic rings. The molecule has 1 atom stereocenters. The summed E-state index contributed by atoms with van der Waals surface area (Å²) in [6.45, 7) is 4.66. The fraction of sp³-hybridized carbons (Fsp3) is 0.500. The lowest BCUT2D eigenvalue weighted by molar-refractivity contribution is -0.135. The zero-order valence-electron chi connectivity index (χ0n) is 13.8. The second-order valence-electron chi connectivity index (χ2n) is 6.19. The van der Waals surface area contributed by atoms with Crippen molar-refractivity contribution in [2.45, 2.75) is 52.0 Å². The summed E-state index contributed by atoms with van der Waals surface area (Å²) in [5.74, 6) is 1.02. The van der Waals surface area contributed by atoms with Crippen LogP contribution >= 0.6 is 0 Å². The molecule has 0 aromatic carbocycles. The molecule has 0 saturated carbocycles. The minimum absolute atomic E-state index is 0.162. The summed E-state index contributed by atoms with van der Waals surface area (Å²) >= 11 is 0. The fourth-order valence-electron chi connectivity index (χ4n) is 3.38. The third-order valence-corrected chi connectivity index (χ3v) is 4.66. The van der Waals surface area contributed by atoms with Gasteiger partial charge >= 0.3 is 0 Å². The van der Waals surface area contributed by atoms with Gasteiger partial charge in [-0.3, -0.25) is 9.78 Å². The molecule has 23 heavy (non-hydrogen) atoms. The average molecular weight is 313 g/mol. The molecule has 3 rings (SSSR count). The lowest BCUT2D eigenvalue weighted by atomic mass is 9.95. The first kappa shape index (κ1) is 15.7. The lowest BCUT2D eigenvalue weighted by Crippen LogP contribution is -2.38. The molecule has 1 aliphatic heterocycles. The van der Waals surface area contributed by atoms with Crippen LogP contribution in [0.5, 0.6) is 0 Å². The standard InChI is InChI=1S/C18H23N3O2/c1-13-16(14(2)23-20-13)8-9-18(22)21-11-4-3-7-17(21)15-6-5-10-19-12-15/h5-6,10,12,17H,3-4,7-9,11H2,1-2H3. The maximum Gasteiger partial charge on any atom is 0.223 e. The molecule has 122 valence electrons. The monoisotopic (exact) mass is 313 g/mol. The highest BCUT2D eigenvalue weighted by Gasteiger charge is 2.28. The zero-order valence-corrected chi connectivity index (χ0v) is 13.8. The Morgan fingerprint density at radius 2 is 2.26 bits per heavy atom. The summed E-state index contributed by atoms with van der Waals surface area (Å²) < 4.78 is 5.18. The van der Waals surface area contributed by atoms with Gasteiger partial charge in [0.25, 0.3) is 0 Å². The van der Waals surface area contributed by atoms with E-state index in [0.29, 0.717) is 12.8 Å². The molecule has 0 spiro atoms. The first-order valence-corrected chi connectivity index (χ1v) is 8.28. The van der Waals surface area contributed by atoms with Gasteiger partial charge in [-0.05, 0) is 51.2 Å². The Labute approximate surface area is 136 Å². The number of aromatic nitrogens is 2. The molecule has 5 nitrogen and oxygen atoms in total. The van der Waals surface area contributed by atoms with Crippen LogP contribution in [0.3, 0.4) is 0 Å². The van der Waals surface area contributed by atoms with E-state index in [1.165, 1.54) is 0 Å². The van der Waals surface area contributed by atoms with Gasteiger partial charge in [-0.15, -0.1) is 0 Å². The van der Waals surface area contributed by atoms with Gasteiger partial charge < -0.3 is 9.42 Å². The Morgan fingerprint density at radius 1 is 1.39 bits per heavy atom. The second kappa shape index (κ2) is 6.94. The Morgan fingerprint density at radius 3 is 2.96 bits per heavy atom. The number of hydrogen-bond acceptors (Lipinski definition) is 4. The van der Waals surface area contributed by atoms with Gasteiger partial charge in [0.05, 0.1) is 11.7 Å². The largest absolute Gasteiger partial charge is 0.361 e. The van der Waals surface area contributed by atoms with E-state index in [0.717, 1.165) is 48.4 Å². The van der Waals surface area contributed by atoms with Crippen molar-refractivity contribution in [1.82, 2.24) is 15.0 Å². The van der Waals surface area contributed by atoms with Crippen molar-refractivity contribution in [3.05, 3.63) is 47.1 Å². The van der Waals surface area contributed by atoms with Crippen molar-refractivity contribution in [3.63, 3.8) is 0 Å². The van der Waals surface area contributed by atoms with Crippen LogP contribution in [0.4, 0.5) is 0 Å². The predicted octanol–water partition coefficient (Wildman–Crippen LogP) is 3.37. The van der Waals surface area contributed by atoms with Gasteiger partial charge in [0.2, 0.25) is 5.91 Å². The quantitative estimate of drug-likeness (QED) is 0.868. The maximum atomic E-state index is 12.8. The van der Waals surface area contributed by atoms with Crippen molar-refractivity contribution >= 4 is 5.91 Å². The molecule has 5 heteroatoms. The summed E-state index contributed by atoms with van der Waals surface area (Å²) in [5.41, 5.74) is 3.09. The number of amides is 1. The van der Waals surface area contributed by atoms with Gasteiger partial charge in [0, 0.05) is 30.9 Å². The van der Waals surface area contributed by atoms with Crippen LogP contribution < -0.4 is 0 Å². The number of pyridine rings is 1. The summed E-state index contributed by atoms with van der Waals surface area (Å²) in [6.07, 6.45) is 8.10. The van der Waals surface area contributed by atoms with Crippen molar-refractivity contribution in [3.8, 4) is 0 Å². The summed E-state index contributed by atoms with van der Waals surface area (Å²) in [6, 6.07) is 4.17. The highest BCUT2D eigenvalue weighted by atomic mass is 16.5. The molecular formula is C18H23N3O2. The van der Waals surface area contributed by atoms with E-state index in [2.05, 4.69) is 16.2 Å². The van der Waals surface area contributed by atoms with Gasteiger partial charge in [-0.2, -0.15) is 0 Å². The Kier molecular flexibility index (Phi) is 4.74. The van der Waals surface area contributed by atoms with Crippen molar-refractivity contribution in [2.24, 2.45) is 0 Å². The molecule has 1 amide bonds. The van der Waals surface area contributed by atoms with Crippen LogP contribution in [0.2, 0.25) is 0 Å². The average Bonchev–Trinajstić information content (AvgIpc) is 2.92. The zero-order chi connectivity index (χ0) is 16.2. The van der Waals surface area contributed by atoms with E-state index in [-0.39, 0.29) is 11.9 Å². The van der Waals surface area contributed by atoms with Crippen LogP contribution in [0.25, 0.3) is 0 Å². The Bertz CT molecular complexity index is 647. The smallest absolute Gasteiger partial charge is 0.223 e. The Balaban J connectivity index is 1.69. The second-order valence-corrected chi connectivity index (χ2v) is 6.19. The van der Waals surface area contributed by atoms with Crippen LogP contribution in [0.1, 0.15) is 54.3 Å². The number of aryl methyl sites for hydroxylation is 2. The highest BCUT2D eigenvalue weighted by molar-refractivity contribution is 5.77. The van der Waals surface area contributed by atoms with Crippen LogP contribution in [-0.4, -0.2) is 27.5 Å². The van der Waals surface area contributed by atoms with E-state index in [9.17, 15) is 4.79 Å². The summed E-state index contributed by atoms with van der Waals surface area (Å²) in [5, 5.41) is 3.96. The first-order chi connectivity index (χ1) is 11.2. The van der Waals surface area contributed by atoms with E-state index < -0.39 is 0 Å². The number of nitrogens with zero attached hydrogens (tertiary/aromatic N) is 3. The molecule has 1 saturated heterocycles. The molecule has 2 aromatic rings. The number of rotatable bonds is 4. The van der Waals surface area contributed by atoms with Crippen molar-refractivity contribution in [2.75, 3.05) is 6.54 Å². The third kappa shape index (κ3) is 3.44. The van der Waals surface area contributed by atoms with E-state index in [4.69, 9.17) is 4.52 Å². The molecule has 1 fully saturated rings. The maximum absolute atomic E-state index is 12.8. The fourth-order valence-corrected chi connectivity index (χ4v) is 3.38. The van der Waals surface area contributed by atoms with Gasteiger partial charge in [-0.25, -0.2) is 0 Å². The number of piperidine rings is 1. The minimum Gasteiger partial charge on any atom is -0.361 e. The molecular weight excluding hydrogens is 290 g/mol. The van der Waals surface area contributed by atoms with Crippen LogP contribution in [0, 0.1) is 13.8 Å². The van der Waals surface area contributed by atoms with E-state index in [1.54, 1.807) is 6.20 Å².